The molecule has 0 bridgehead atoms. The lowest BCUT2D eigenvalue weighted by Gasteiger charge is -2.21. The monoisotopic (exact) mass is 347 g/mol. The van der Waals surface area contributed by atoms with E-state index < -0.39 is 0 Å². The van der Waals surface area contributed by atoms with Gasteiger partial charge in [0.15, 0.2) is 0 Å². The topological polar surface area (TPSA) is 37.8 Å². The van der Waals surface area contributed by atoms with Gasteiger partial charge in [0.2, 0.25) is 0 Å². The molecule has 112 valence electrons. The van der Waals surface area contributed by atoms with E-state index in [0.717, 1.165) is 16.2 Å². The second-order valence-electron chi connectivity index (χ2n) is 6.37. The molecular formula is C17H22BrN3. The SMILES string of the molecule is Cc1ccccc1C(C)Nc1cc(Br)nc(C(C)(C)C)n1. The normalized spacial score (nSPS) is 13.0. The average Bonchev–Trinajstić information content (AvgIpc) is 2.37. The van der Waals surface area contributed by atoms with Crippen molar-refractivity contribution in [3.8, 4) is 0 Å². The number of nitrogens with one attached hydrogen (secondary N) is 1. The van der Waals surface area contributed by atoms with Crippen LogP contribution in [0.1, 0.15) is 50.7 Å². The molecule has 1 aromatic heterocycles. The highest BCUT2D eigenvalue weighted by Crippen LogP contribution is 2.25. The van der Waals surface area contributed by atoms with Crippen LogP contribution in [-0.4, -0.2) is 9.97 Å². The Morgan fingerprint density at radius 2 is 1.81 bits per heavy atom. The summed E-state index contributed by atoms with van der Waals surface area (Å²) < 4.78 is 0.807. The van der Waals surface area contributed by atoms with Crippen molar-refractivity contribution < 1.29 is 0 Å². The molecule has 0 saturated heterocycles. The van der Waals surface area contributed by atoms with Crippen LogP contribution in [0, 0.1) is 6.92 Å². The Labute approximate surface area is 135 Å². The summed E-state index contributed by atoms with van der Waals surface area (Å²) in [4.78, 5) is 9.12. The van der Waals surface area contributed by atoms with Crippen molar-refractivity contribution in [1.82, 2.24) is 9.97 Å². The molecular weight excluding hydrogens is 326 g/mol. The van der Waals surface area contributed by atoms with Gasteiger partial charge in [0.25, 0.3) is 0 Å². The van der Waals surface area contributed by atoms with Gasteiger partial charge in [-0.2, -0.15) is 0 Å². The Hall–Kier alpha value is -1.42. The summed E-state index contributed by atoms with van der Waals surface area (Å²) in [7, 11) is 0. The summed E-state index contributed by atoms with van der Waals surface area (Å²) in [6.45, 7) is 10.6. The fraction of sp³-hybridized carbons (Fsp3) is 0.412. The minimum Gasteiger partial charge on any atom is -0.363 e. The number of aromatic nitrogens is 2. The number of nitrogens with zero attached hydrogens (tertiary/aromatic N) is 2. The molecule has 0 aliphatic carbocycles. The molecule has 0 aliphatic heterocycles. The Kier molecular flexibility index (Phi) is 4.67. The first-order chi connectivity index (χ1) is 9.77. The zero-order chi connectivity index (χ0) is 15.6. The van der Waals surface area contributed by atoms with E-state index >= 15 is 0 Å². The van der Waals surface area contributed by atoms with E-state index in [1.807, 2.05) is 6.07 Å². The number of hydrogen-bond donors (Lipinski definition) is 1. The zero-order valence-corrected chi connectivity index (χ0v) is 14.8. The van der Waals surface area contributed by atoms with Crippen molar-refractivity contribution in [3.05, 3.63) is 51.9 Å². The highest BCUT2D eigenvalue weighted by atomic mass is 79.9. The number of halogens is 1. The molecule has 1 atom stereocenters. The molecule has 1 N–H and O–H groups in total. The van der Waals surface area contributed by atoms with E-state index in [9.17, 15) is 0 Å². The summed E-state index contributed by atoms with van der Waals surface area (Å²) in [6.07, 6.45) is 0. The zero-order valence-electron chi connectivity index (χ0n) is 13.2. The molecule has 0 fully saturated rings. The van der Waals surface area contributed by atoms with Gasteiger partial charge in [-0.1, -0.05) is 45.0 Å². The van der Waals surface area contributed by atoms with Crippen molar-refractivity contribution in [2.24, 2.45) is 0 Å². The van der Waals surface area contributed by atoms with Crippen LogP contribution in [-0.2, 0) is 5.41 Å². The number of hydrogen-bond acceptors (Lipinski definition) is 3. The second kappa shape index (κ2) is 6.14. The van der Waals surface area contributed by atoms with Crippen LogP contribution < -0.4 is 5.32 Å². The third-order valence-corrected chi connectivity index (χ3v) is 3.79. The van der Waals surface area contributed by atoms with Gasteiger partial charge in [0.1, 0.15) is 16.2 Å². The summed E-state index contributed by atoms with van der Waals surface area (Å²) in [5.74, 6) is 1.67. The molecule has 1 heterocycles. The van der Waals surface area contributed by atoms with Gasteiger partial charge < -0.3 is 5.32 Å². The molecule has 1 unspecified atom stereocenters. The minimum absolute atomic E-state index is 0.0773. The van der Waals surface area contributed by atoms with E-state index in [1.54, 1.807) is 0 Å². The van der Waals surface area contributed by atoms with Crippen LogP contribution in [0.25, 0.3) is 0 Å². The van der Waals surface area contributed by atoms with E-state index in [4.69, 9.17) is 0 Å². The van der Waals surface area contributed by atoms with Gasteiger partial charge in [-0.25, -0.2) is 9.97 Å². The first-order valence-corrected chi connectivity index (χ1v) is 7.94. The minimum atomic E-state index is -0.0773. The first kappa shape index (κ1) is 16.0. The Bertz CT molecular complexity index is 632. The van der Waals surface area contributed by atoms with Crippen LogP contribution in [0.5, 0.6) is 0 Å². The van der Waals surface area contributed by atoms with E-state index in [1.165, 1.54) is 11.1 Å². The second-order valence-corrected chi connectivity index (χ2v) is 7.18. The van der Waals surface area contributed by atoms with Gasteiger partial charge in [-0.15, -0.1) is 0 Å². The van der Waals surface area contributed by atoms with E-state index in [2.05, 4.69) is 90.1 Å². The van der Waals surface area contributed by atoms with Gasteiger partial charge in [-0.3, -0.25) is 0 Å². The quantitative estimate of drug-likeness (QED) is 0.792. The van der Waals surface area contributed by atoms with Crippen molar-refractivity contribution in [2.75, 3.05) is 5.32 Å². The van der Waals surface area contributed by atoms with Crippen molar-refractivity contribution in [3.63, 3.8) is 0 Å². The van der Waals surface area contributed by atoms with Gasteiger partial charge in [0, 0.05) is 11.5 Å². The molecule has 0 spiro atoms. The molecule has 2 rings (SSSR count). The van der Waals surface area contributed by atoms with Crippen LogP contribution in [0.3, 0.4) is 0 Å². The molecule has 0 saturated carbocycles. The maximum Gasteiger partial charge on any atom is 0.137 e. The number of aryl methyl sites for hydroxylation is 1. The van der Waals surface area contributed by atoms with Crippen LogP contribution in [0.15, 0.2) is 34.9 Å². The molecule has 0 aliphatic rings. The Morgan fingerprint density at radius 3 is 2.43 bits per heavy atom. The Balaban J connectivity index is 2.28. The lowest BCUT2D eigenvalue weighted by atomic mass is 9.96. The predicted molar refractivity (Wildman–Crippen MR) is 91.6 cm³/mol. The molecule has 21 heavy (non-hydrogen) atoms. The number of anilines is 1. The molecule has 0 radical (unpaired) electrons. The van der Waals surface area contributed by atoms with Gasteiger partial charge in [0.05, 0.1) is 6.04 Å². The molecule has 4 heteroatoms. The Morgan fingerprint density at radius 1 is 1.14 bits per heavy atom. The van der Waals surface area contributed by atoms with Crippen molar-refractivity contribution in [2.45, 2.75) is 46.1 Å². The highest BCUT2D eigenvalue weighted by Gasteiger charge is 2.19. The first-order valence-electron chi connectivity index (χ1n) is 7.14. The molecule has 3 nitrogen and oxygen atoms in total. The third kappa shape index (κ3) is 4.03. The maximum absolute atomic E-state index is 4.65. The highest BCUT2D eigenvalue weighted by molar-refractivity contribution is 9.10. The predicted octanol–water partition coefficient (Wildman–Crippen LogP) is 5.02. The smallest absolute Gasteiger partial charge is 0.137 e. The molecule has 1 aromatic carbocycles. The van der Waals surface area contributed by atoms with Crippen molar-refractivity contribution in [1.29, 1.82) is 0 Å². The van der Waals surface area contributed by atoms with E-state index in [0.29, 0.717) is 0 Å². The third-order valence-electron chi connectivity index (χ3n) is 3.39. The summed E-state index contributed by atoms with van der Waals surface area (Å²) in [5, 5.41) is 3.47. The van der Waals surface area contributed by atoms with Crippen LogP contribution >= 0.6 is 15.9 Å². The maximum atomic E-state index is 4.65. The van der Waals surface area contributed by atoms with Gasteiger partial charge in [-0.05, 0) is 40.9 Å². The number of benzene rings is 1. The average molecular weight is 348 g/mol. The summed E-state index contributed by atoms with van der Waals surface area (Å²) >= 11 is 3.47. The summed E-state index contributed by atoms with van der Waals surface area (Å²) in [6, 6.07) is 10.5. The van der Waals surface area contributed by atoms with Crippen LogP contribution in [0.4, 0.5) is 5.82 Å². The standard InChI is InChI=1S/C17H22BrN3/c1-11-8-6-7-9-13(11)12(2)19-15-10-14(18)20-16(21-15)17(3,4)5/h6-10,12H,1-5H3,(H,19,20,21). The van der Waals surface area contributed by atoms with Crippen molar-refractivity contribution >= 4 is 21.7 Å². The fourth-order valence-electron chi connectivity index (χ4n) is 2.20. The van der Waals surface area contributed by atoms with Gasteiger partial charge >= 0.3 is 0 Å². The lowest BCUT2D eigenvalue weighted by molar-refractivity contribution is 0.544. The lowest BCUT2D eigenvalue weighted by Crippen LogP contribution is -2.18. The molecule has 0 amide bonds. The summed E-state index contributed by atoms with van der Waals surface area (Å²) in [5.41, 5.74) is 2.48. The largest absolute Gasteiger partial charge is 0.363 e. The van der Waals surface area contributed by atoms with E-state index in [-0.39, 0.29) is 11.5 Å². The molecule has 2 aromatic rings. The number of rotatable bonds is 3. The fourth-order valence-corrected chi connectivity index (χ4v) is 2.58. The van der Waals surface area contributed by atoms with Crippen LogP contribution in [0.2, 0.25) is 0 Å².